The molecular weight excluding hydrogens is 261 g/mol. The molecule has 100 valence electrons. The summed E-state index contributed by atoms with van der Waals surface area (Å²) in [5.74, 6) is -1.65. The standard InChI is InChI=1S/C12H15ClFNO3/c1-12(11(16)17,15-5-6-18-2)8-3-4-10(14)9(13)7-8/h3-4,7,15H,5-6H2,1-2H3,(H,16,17). The van der Waals surface area contributed by atoms with Gasteiger partial charge in [-0.15, -0.1) is 0 Å². The number of carboxylic acids is 1. The Labute approximate surface area is 110 Å². The Morgan fingerprint density at radius 1 is 1.61 bits per heavy atom. The predicted molar refractivity (Wildman–Crippen MR) is 66.3 cm³/mol. The van der Waals surface area contributed by atoms with Gasteiger partial charge >= 0.3 is 5.97 Å². The number of hydrogen-bond donors (Lipinski definition) is 2. The molecule has 0 heterocycles. The molecule has 0 fully saturated rings. The Balaban J connectivity index is 3.02. The van der Waals surface area contributed by atoms with Gasteiger partial charge in [0.1, 0.15) is 11.4 Å². The van der Waals surface area contributed by atoms with Gasteiger partial charge in [0.05, 0.1) is 11.6 Å². The van der Waals surface area contributed by atoms with E-state index in [0.29, 0.717) is 18.7 Å². The third-order valence-electron chi connectivity index (χ3n) is 2.71. The molecular formula is C12H15ClFNO3. The zero-order chi connectivity index (χ0) is 13.8. The molecule has 0 aliphatic rings. The number of methoxy groups -OCH3 is 1. The molecule has 1 unspecified atom stereocenters. The first-order valence-electron chi connectivity index (χ1n) is 5.34. The van der Waals surface area contributed by atoms with E-state index in [4.69, 9.17) is 16.3 Å². The van der Waals surface area contributed by atoms with E-state index in [-0.39, 0.29) is 5.02 Å². The SMILES string of the molecule is COCCNC(C)(C(=O)O)c1ccc(F)c(Cl)c1. The fourth-order valence-corrected chi connectivity index (χ4v) is 1.69. The molecule has 0 spiro atoms. The van der Waals surface area contributed by atoms with Gasteiger partial charge in [-0.3, -0.25) is 5.32 Å². The smallest absolute Gasteiger partial charge is 0.328 e. The van der Waals surface area contributed by atoms with Crippen molar-refractivity contribution in [3.05, 3.63) is 34.6 Å². The summed E-state index contributed by atoms with van der Waals surface area (Å²) in [5.41, 5.74) is -0.951. The van der Waals surface area contributed by atoms with Gasteiger partial charge in [0, 0.05) is 13.7 Å². The first-order chi connectivity index (χ1) is 8.41. The van der Waals surface area contributed by atoms with Crippen LogP contribution in [0.5, 0.6) is 0 Å². The third kappa shape index (κ3) is 3.19. The zero-order valence-corrected chi connectivity index (χ0v) is 10.9. The molecule has 0 saturated carbocycles. The Morgan fingerprint density at radius 3 is 2.78 bits per heavy atom. The van der Waals surface area contributed by atoms with Crippen LogP contribution in [-0.4, -0.2) is 31.3 Å². The van der Waals surface area contributed by atoms with E-state index in [1.807, 2.05) is 0 Å². The van der Waals surface area contributed by atoms with Crippen LogP contribution in [0.25, 0.3) is 0 Å². The van der Waals surface area contributed by atoms with Gasteiger partial charge in [0.2, 0.25) is 0 Å². The van der Waals surface area contributed by atoms with E-state index >= 15 is 0 Å². The summed E-state index contributed by atoms with van der Waals surface area (Å²) in [6.07, 6.45) is 0. The molecule has 1 aromatic carbocycles. The minimum Gasteiger partial charge on any atom is -0.480 e. The minimum atomic E-state index is -1.34. The second-order valence-corrected chi connectivity index (χ2v) is 4.39. The summed E-state index contributed by atoms with van der Waals surface area (Å²) in [5, 5.41) is 12.1. The number of rotatable bonds is 6. The molecule has 0 aliphatic heterocycles. The van der Waals surface area contributed by atoms with Gasteiger partial charge in [-0.05, 0) is 24.6 Å². The van der Waals surface area contributed by atoms with Gasteiger partial charge in [-0.25, -0.2) is 9.18 Å². The molecule has 6 heteroatoms. The van der Waals surface area contributed by atoms with Crippen LogP contribution in [-0.2, 0) is 15.1 Å². The van der Waals surface area contributed by atoms with E-state index in [1.165, 1.54) is 26.2 Å². The Hall–Kier alpha value is -1.17. The van der Waals surface area contributed by atoms with E-state index in [1.54, 1.807) is 0 Å². The number of carbonyl (C=O) groups is 1. The summed E-state index contributed by atoms with van der Waals surface area (Å²) in [7, 11) is 1.52. The highest BCUT2D eigenvalue weighted by Gasteiger charge is 2.34. The molecule has 0 aromatic heterocycles. The Morgan fingerprint density at radius 2 is 2.28 bits per heavy atom. The number of carboxylic acid groups (broad SMARTS) is 1. The van der Waals surface area contributed by atoms with E-state index < -0.39 is 17.3 Å². The van der Waals surface area contributed by atoms with Crippen molar-refractivity contribution in [2.24, 2.45) is 0 Å². The van der Waals surface area contributed by atoms with Crippen LogP contribution in [0.3, 0.4) is 0 Å². The van der Waals surface area contributed by atoms with Crippen LogP contribution >= 0.6 is 11.6 Å². The van der Waals surface area contributed by atoms with Gasteiger partial charge in [-0.1, -0.05) is 17.7 Å². The van der Waals surface area contributed by atoms with Gasteiger partial charge < -0.3 is 9.84 Å². The van der Waals surface area contributed by atoms with Crippen molar-refractivity contribution in [1.82, 2.24) is 5.32 Å². The fourth-order valence-electron chi connectivity index (χ4n) is 1.51. The fraction of sp³-hybridized carbons (Fsp3) is 0.417. The highest BCUT2D eigenvalue weighted by Crippen LogP contribution is 2.25. The van der Waals surface area contributed by atoms with Crippen LogP contribution in [0.2, 0.25) is 5.02 Å². The molecule has 0 amide bonds. The molecule has 4 nitrogen and oxygen atoms in total. The number of aliphatic carboxylic acids is 1. The lowest BCUT2D eigenvalue weighted by Gasteiger charge is -2.27. The predicted octanol–water partition coefficient (Wildman–Crippen LogP) is 2.01. The van der Waals surface area contributed by atoms with Gasteiger partial charge in [-0.2, -0.15) is 0 Å². The second-order valence-electron chi connectivity index (χ2n) is 3.98. The maximum absolute atomic E-state index is 13.1. The van der Waals surface area contributed by atoms with E-state index in [0.717, 1.165) is 6.07 Å². The maximum atomic E-state index is 13.1. The number of nitrogens with one attached hydrogen (secondary N) is 1. The average Bonchev–Trinajstić information content (AvgIpc) is 2.32. The first kappa shape index (κ1) is 14.9. The van der Waals surface area contributed by atoms with Crippen LogP contribution < -0.4 is 5.32 Å². The van der Waals surface area contributed by atoms with Gasteiger partial charge in [0.25, 0.3) is 0 Å². The molecule has 0 radical (unpaired) electrons. The van der Waals surface area contributed by atoms with Crippen molar-refractivity contribution in [3.63, 3.8) is 0 Å². The first-order valence-corrected chi connectivity index (χ1v) is 5.72. The largest absolute Gasteiger partial charge is 0.480 e. The van der Waals surface area contributed by atoms with Crippen molar-refractivity contribution in [1.29, 1.82) is 0 Å². The van der Waals surface area contributed by atoms with Crippen LogP contribution in [0.4, 0.5) is 4.39 Å². The van der Waals surface area contributed by atoms with Crippen molar-refractivity contribution >= 4 is 17.6 Å². The monoisotopic (exact) mass is 275 g/mol. The lowest BCUT2D eigenvalue weighted by molar-refractivity contribution is -0.144. The molecule has 0 bridgehead atoms. The molecule has 1 rings (SSSR count). The molecule has 2 N–H and O–H groups in total. The third-order valence-corrected chi connectivity index (χ3v) is 3.00. The average molecular weight is 276 g/mol. The number of ether oxygens (including phenoxy) is 1. The van der Waals surface area contributed by atoms with Crippen LogP contribution in [0.15, 0.2) is 18.2 Å². The quantitative estimate of drug-likeness (QED) is 0.780. The minimum absolute atomic E-state index is 0.103. The van der Waals surface area contributed by atoms with Crippen molar-refractivity contribution < 1.29 is 19.0 Å². The number of hydrogen-bond acceptors (Lipinski definition) is 3. The second kappa shape index (κ2) is 6.13. The maximum Gasteiger partial charge on any atom is 0.328 e. The zero-order valence-electron chi connectivity index (χ0n) is 10.2. The van der Waals surface area contributed by atoms with E-state index in [2.05, 4.69) is 5.32 Å². The summed E-state index contributed by atoms with van der Waals surface area (Å²) in [6.45, 7) is 2.22. The van der Waals surface area contributed by atoms with Crippen LogP contribution in [0, 0.1) is 5.82 Å². The molecule has 0 saturated heterocycles. The van der Waals surface area contributed by atoms with Crippen molar-refractivity contribution in [3.8, 4) is 0 Å². The van der Waals surface area contributed by atoms with Crippen molar-refractivity contribution in [2.45, 2.75) is 12.5 Å². The topological polar surface area (TPSA) is 58.6 Å². The highest BCUT2D eigenvalue weighted by molar-refractivity contribution is 6.30. The Bertz CT molecular complexity index is 441. The Kier molecular flexibility index (Phi) is 5.07. The van der Waals surface area contributed by atoms with E-state index in [9.17, 15) is 14.3 Å². The summed E-state index contributed by atoms with van der Waals surface area (Å²) >= 11 is 5.67. The molecule has 0 aliphatic carbocycles. The lowest BCUT2D eigenvalue weighted by atomic mass is 9.92. The van der Waals surface area contributed by atoms with Gasteiger partial charge in [0.15, 0.2) is 0 Å². The normalized spacial score (nSPS) is 14.2. The van der Waals surface area contributed by atoms with Crippen molar-refractivity contribution in [2.75, 3.05) is 20.3 Å². The molecule has 18 heavy (non-hydrogen) atoms. The van der Waals surface area contributed by atoms with Crippen LogP contribution in [0.1, 0.15) is 12.5 Å². The summed E-state index contributed by atoms with van der Waals surface area (Å²) in [4.78, 5) is 11.4. The number of halogens is 2. The molecule has 1 atom stereocenters. The summed E-state index contributed by atoms with van der Waals surface area (Å²) < 4.78 is 17.9. The molecule has 1 aromatic rings. The lowest BCUT2D eigenvalue weighted by Crippen LogP contribution is -2.47. The number of benzene rings is 1. The summed E-state index contributed by atoms with van der Waals surface area (Å²) in [6, 6.07) is 3.86. The highest BCUT2D eigenvalue weighted by atomic mass is 35.5.